The quantitative estimate of drug-likeness (QED) is 0.801. The van der Waals surface area contributed by atoms with Crippen molar-refractivity contribution in [2.45, 2.75) is 13.3 Å². The lowest BCUT2D eigenvalue weighted by atomic mass is 10.1. The third-order valence-corrected chi connectivity index (χ3v) is 4.78. The summed E-state index contributed by atoms with van der Waals surface area (Å²) in [4.78, 5) is 21.5. The van der Waals surface area contributed by atoms with Gasteiger partial charge in [-0.05, 0) is 26.0 Å². The van der Waals surface area contributed by atoms with E-state index in [1.165, 1.54) is 10.1 Å². The van der Waals surface area contributed by atoms with Crippen molar-refractivity contribution in [1.82, 2.24) is 24.7 Å². The van der Waals surface area contributed by atoms with Gasteiger partial charge in [-0.15, -0.1) is 0 Å². The van der Waals surface area contributed by atoms with E-state index in [4.69, 9.17) is 4.74 Å². The van der Waals surface area contributed by atoms with E-state index in [1.54, 1.807) is 6.20 Å². The summed E-state index contributed by atoms with van der Waals surface area (Å²) < 4.78 is 7.27. The maximum absolute atomic E-state index is 12.5. The van der Waals surface area contributed by atoms with Crippen LogP contribution in [0.3, 0.4) is 0 Å². The summed E-state index contributed by atoms with van der Waals surface area (Å²) in [5.74, 6) is 0. The molecule has 0 unspecified atom stereocenters. The number of piperazine rings is 1. The monoisotopic (exact) mass is 371 g/mol. The molecule has 2 heterocycles. The van der Waals surface area contributed by atoms with E-state index in [9.17, 15) is 4.79 Å². The Morgan fingerprint density at radius 1 is 1.19 bits per heavy atom. The maximum atomic E-state index is 12.5. The van der Waals surface area contributed by atoms with Gasteiger partial charge in [0.1, 0.15) is 6.61 Å². The number of carbonyl (C=O) groups excluding carboxylic acids is 1. The highest BCUT2D eigenvalue weighted by Crippen LogP contribution is 2.11. The molecule has 0 aliphatic carbocycles. The Balaban J connectivity index is 1.46. The molecule has 1 N–H and O–H groups in total. The summed E-state index contributed by atoms with van der Waals surface area (Å²) in [6, 6.07) is 10.3. The van der Waals surface area contributed by atoms with Crippen LogP contribution in [0.15, 0.2) is 36.5 Å². The smallest absolute Gasteiger partial charge is 0.329 e. The van der Waals surface area contributed by atoms with Gasteiger partial charge in [0.15, 0.2) is 0 Å². The number of aromatic nitrogens is 2. The van der Waals surface area contributed by atoms with Crippen LogP contribution in [0.25, 0.3) is 0 Å². The molecule has 1 fully saturated rings. The molecule has 1 aliphatic heterocycles. The fourth-order valence-electron chi connectivity index (χ4n) is 3.10. The predicted molar refractivity (Wildman–Crippen MR) is 105 cm³/mol. The number of ether oxygens (including phenoxy) is 1. The van der Waals surface area contributed by atoms with Crippen LogP contribution in [0, 0.1) is 6.92 Å². The average Bonchev–Trinajstić information content (AvgIpc) is 3.05. The lowest BCUT2D eigenvalue weighted by Crippen LogP contribution is -2.45. The van der Waals surface area contributed by atoms with Crippen LogP contribution < -0.4 is 10.1 Å². The number of nitrogens with one attached hydrogen (secondary N) is 1. The van der Waals surface area contributed by atoms with Crippen LogP contribution in [0.5, 0.6) is 6.01 Å². The minimum Gasteiger partial charge on any atom is -0.463 e. The van der Waals surface area contributed by atoms with Crippen LogP contribution >= 0.6 is 0 Å². The second-order valence-corrected chi connectivity index (χ2v) is 7.00. The number of amides is 1. The highest BCUT2D eigenvalue weighted by atomic mass is 16.5. The SMILES string of the molecule is Cc1cn(C(=O)NCCc2ccccc2)c(OCCN2CCN(C)CC2)n1. The Bertz CT molecular complexity index is 723. The molecule has 1 saturated heterocycles. The molecular weight excluding hydrogens is 342 g/mol. The normalized spacial score (nSPS) is 15.6. The molecule has 7 nitrogen and oxygen atoms in total. The zero-order chi connectivity index (χ0) is 19.1. The molecular formula is C20H29N5O2. The summed E-state index contributed by atoms with van der Waals surface area (Å²) in [6.07, 6.45) is 2.50. The molecule has 1 aliphatic rings. The first-order chi connectivity index (χ1) is 13.1. The van der Waals surface area contributed by atoms with Crippen molar-refractivity contribution in [2.24, 2.45) is 0 Å². The van der Waals surface area contributed by atoms with E-state index in [0.717, 1.165) is 44.8 Å². The van der Waals surface area contributed by atoms with Gasteiger partial charge in [-0.25, -0.2) is 14.3 Å². The predicted octanol–water partition coefficient (Wildman–Crippen LogP) is 1.62. The van der Waals surface area contributed by atoms with Gasteiger partial charge < -0.3 is 15.0 Å². The van der Waals surface area contributed by atoms with Crippen LogP contribution in [0.4, 0.5) is 4.79 Å². The lowest BCUT2D eigenvalue weighted by Gasteiger charge is -2.32. The Kier molecular flexibility index (Phi) is 6.84. The van der Waals surface area contributed by atoms with Gasteiger partial charge in [-0.3, -0.25) is 4.90 Å². The first-order valence-electron chi connectivity index (χ1n) is 9.53. The molecule has 0 atom stereocenters. The number of imidazole rings is 1. The molecule has 1 aromatic carbocycles. The molecule has 27 heavy (non-hydrogen) atoms. The zero-order valence-electron chi connectivity index (χ0n) is 16.2. The lowest BCUT2D eigenvalue weighted by molar-refractivity contribution is 0.130. The van der Waals surface area contributed by atoms with Gasteiger partial charge in [0.25, 0.3) is 0 Å². The summed E-state index contributed by atoms with van der Waals surface area (Å²) in [6.45, 7) is 8.06. The first kappa shape index (κ1) is 19.4. The Hall–Kier alpha value is -2.38. The standard InChI is InChI=1S/C20H29N5O2/c1-17-16-25(19(26)21-9-8-18-6-4-3-5-7-18)20(22-17)27-15-14-24-12-10-23(2)11-13-24/h3-7,16H,8-15H2,1-2H3,(H,21,26). The zero-order valence-corrected chi connectivity index (χ0v) is 16.2. The second kappa shape index (κ2) is 9.53. The third kappa shape index (κ3) is 5.80. The van der Waals surface area contributed by atoms with Crippen LogP contribution in [0.1, 0.15) is 11.3 Å². The van der Waals surface area contributed by atoms with Crippen molar-refractivity contribution in [3.8, 4) is 6.01 Å². The van der Waals surface area contributed by atoms with E-state index in [1.807, 2.05) is 25.1 Å². The molecule has 0 radical (unpaired) electrons. The minimum atomic E-state index is -0.207. The molecule has 0 saturated carbocycles. The van der Waals surface area contributed by atoms with E-state index < -0.39 is 0 Å². The number of nitrogens with zero attached hydrogens (tertiary/aromatic N) is 4. The first-order valence-corrected chi connectivity index (χ1v) is 9.53. The number of hydrogen-bond donors (Lipinski definition) is 1. The molecule has 2 aromatic rings. The number of rotatable bonds is 7. The maximum Gasteiger partial charge on any atom is 0.329 e. The molecule has 1 amide bonds. The minimum absolute atomic E-state index is 0.207. The average molecular weight is 371 g/mol. The highest BCUT2D eigenvalue weighted by Gasteiger charge is 2.16. The number of likely N-dealkylation sites (N-methyl/N-ethyl adjacent to an activating group) is 1. The fourth-order valence-corrected chi connectivity index (χ4v) is 3.10. The Morgan fingerprint density at radius 2 is 1.93 bits per heavy atom. The van der Waals surface area contributed by atoms with E-state index in [0.29, 0.717) is 19.2 Å². The van der Waals surface area contributed by atoms with Gasteiger partial charge in [0, 0.05) is 45.5 Å². The van der Waals surface area contributed by atoms with E-state index in [-0.39, 0.29) is 6.03 Å². The van der Waals surface area contributed by atoms with Gasteiger partial charge in [-0.1, -0.05) is 30.3 Å². The summed E-state index contributed by atoms with van der Waals surface area (Å²) in [5, 5.41) is 2.93. The van der Waals surface area contributed by atoms with Gasteiger partial charge >= 0.3 is 12.0 Å². The molecule has 0 bridgehead atoms. The van der Waals surface area contributed by atoms with Crippen LogP contribution in [0.2, 0.25) is 0 Å². The van der Waals surface area contributed by atoms with Crippen molar-refractivity contribution in [1.29, 1.82) is 0 Å². The number of aryl methyl sites for hydroxylation is 1. The Labute approximate surface area is 160 Å². The van der Waals surface area contributed by atoms with Gasteiger partial charge in [0.05, 0.1) is 5.69 Å². The summed E-state index contributed by atoms with van der Waals surface area (Å²) in [5.41, 5.74) is 1.96. The molecule has 1 aromatic heterocycles. The van der Waals surface area contributed by atoms with Crippen LogP contribution in [-0.4, -0.2) is 78.3 Å². The molecule has 3 rings (SSSR count). The van der Waals surface area contributed by atoms with Crippen molar-refractivity contribution in [2.75, 3.05) is 52.9 Å². The largest absolute Gasteiger partial charge is 0.463 e. The van der Waals surface area contributed by atoms with Crippen molar-refractivity contribution in [3.05, 3.63) is 47.8 Å². The molecule has 7 heteroatoms. The van der Waals surface area contributed by atoms with Crippen molar-refractivity contribution >= 4 is 6.03 Å². The summed E-state index contributed by atoms with van der Waals surface area (Å²) in [7, 11) is 2.14. The number of carbonyl (C=O) groups is 1. The number of benzene rings is 1. The Morgan fingerprint density at radius 3 is 2.67 bits per heavy atom. The topological polar surface area (TPSA) is 62.6 Å². The van der Waals surface area contributed by atoms with Gasteiger partial charge in [-0.2, -0.15) is 0 Å². The molecule has 0 spiro atoms. The van der Waals surface area contributed by atoms with E-state index in [2.05, 4.69) is 39.3 Å². The van der Waals surface area contributed by atoms with Gasteiger partial charge in [0.2, 0.25) is 0 Å². The fraction of sp³-hybridized carbons (Fsp3) is 0.500. The summed E-state index contributed by atoms with van der Waals surface area (Å²) >= 11 is 0. The highest BCUT2D eigenvalue weighted by molar-refractivity contribution is 5.78. The van der Waals surface area contributed by atoms with Crippen molar-refractivity contribution in [3.63, 3.8) is 0 Å². The number of hydrogen-bond acceptors (Lipinski definition) is 5. The third-order valence-electron chi connectivity index (χ3n) is 4.78. The molecule has 146 valence electrons. The van der Waals surface area contributed by atoms with E-state index >= 15 is 0 Å². The second-order valence-electron chi connectivity index (χ2n) is 7.00. The van der Waals surface area contributed by atoms with Crippen LogP contribution in [-0.2, 0) is 6.42 Å². The van der Waals surface area contributed by atoms with Crippen molar-refractivity contribution < 1.29 is 9.53 Å².